The number of halogens is 1. The number of benzene rings is 2. The van der Waals surface area contributed by atoms with Gasteiger partial charge in [-0.15, -0.1) is 0 Å². The molecule has 2 aromatic carbocycles. The van der Waals surface area contributed by atoms with Crippen molar-refractivity contribution in [1.29, 1.82) is 0 Å². The number of nitrogens with zero attached hydrogens (tertiary/aromatic N) is 3. The van der Waals surface area contributed by atoms with E-state index in [9.17, 15) is 9.18 Å². The van der Waals surface area contributed by atoms with E-state index >= 15 is 0 Å². The summed E-state index contributed by atoms with van der Waals surface area (Å²) >= 11 is 0. The second kappa shape index (κ2) is 11.6. The van der Waals surface area contributed by atoms with E-state index in [1.54, 1.807) is 7.11 Å². The van der Waals surface area contributed by atoms with E-state index < -0.39 is 11.8 Å². The van der Waals surface area contributed by atoms with Crippen molar-refractivity contribution >= 4 is 17.5 Å². The van der Waals surface area contributed by atoms with Crippen molar-refractivity contribution in [2.75, 3.05) is 38.7 Å². The summed E-state index contributed by atoms with van der Waals surface area (Å²) in [5.74, 6) is 0.642. The maximum Gasteiger partial charge on any atom is 0.317 e. The number of anilines is 1. The molecule has 0 spiro atoms. The molecule has 35 heavy (non-hydrogen) atoms. The van der Waals surface area contributed by atoms with Crippen LogP contribution in [0.4, 0.5) is 15.0 Å². The van der Waals surface area contributed by atoms with E-state index in [1.807, 2.05) is 30.3 Å². The third kappa shape index (κ3) is 6.23. The summed E-state index contributed by atoms with van der Waals surface area (Å²) < 4.78 is 19.9. The van der Waals surface area contributed by atoms with Gasteiger partial charge in [-0.3, -0.25) is 9.72 Å². The van der Waals surface area contributed by atoms with Gasteiger partial charge in [0.05, 0.1) is 6.61 Å². The van der Waals surface area contributed by atoms with Gasteiger partial charge in [-0.1, -0.05) is 60.7 Å². The first-order valence-corrected chi connectivity index (χ1v) is 11.6. The van der Waals surface area contributed by atoms with Crippen LogP contribution in [-0.2, 0) is 4.74 Å². The number of carbonyl (C=O) groups is 1. The molecule has 0 aliphatic carbocycles. The number of urea groups is 1. The number of rotatable bonds is 6. The van der Waals surface area contributed by atoms with Gasteiger partial charge in [0.25, 0.3) is 0 Å². The number of nitrogens with one attached hydrogen (secondary N) is 1. The average Bonchev–Trinajstić information content (AvgIpc) is 3.49. The van der Waals surface area contributed by atoms with Crippen LogP contribution in [0.2, 0.25) is 0 Å². The van der Waals surface area contributed by atoms with Crippen molar-refractivity contribution < 1.29 is 13.9 Å². The molecule has 1 aliphatic rings. The minimum absolute atomic E-state index is 0.346. The van der Waals surface area contributed by atoms with Crippen LogP contribution >= 0.6 is 0 Å². The third-order valence-corrected chi connectivity index (χ3v) is 6.03. The number of methoxy groups -OCH3 is 1. The SMILES string of the molecule is COCCN1CCC(c2ccccc2)C1.NC(=O)Nc1c(-c2ccccc2)nc2ccc(F)cn12. The Hall–Kier alpha value is -3.75. The third-order valence-electron chi connectivity index (χ3n) is 6.03. The molecule has 1 fully saturated rings. The number of fused-ring (bicyclic) bond motifs is 1. The largest absolute Gasteiger partial charge is 0.383 e. The zero-order valence-corrected chi connectivity index (χ0v) is 19.7. The van der Waals surface area contributed by atoms with Crippen LogP contribution in [0.3, 0.4) is 0 Å². The highest BCUT2D eigenvalue weighted by atomic mass is 19.1. The van der Waals surface area contributed by atoms with Gasteiger partial charge in [0.2, 0.25) is 0 Å². The van der Waals surface area contributed by atoms with E-state index in [-0.39, 0.29) is 0 Å². The maximum atomic E-state index is 13.4. The van der Waals surface area contributed by atoms with Gasteiger partial charge in [-0.25, -0.2) is 14.2 Å². The lowest BCUT2D eigenvalue weighted by Crippen LogP contribution is -2.24. The summed E-state index contributed by atoms with van der Waals surface area (Å²) in [7, 11) is 1.77. The molecule has 0 bridgehead atoms. The quantitative estimate of drug-likeness (QED) is 0.421. The van der Waals surface area contributed by atoms with Gasteiger partial charge in [-0.05, 0) is 36.6 Å². The summed E-state index contributed by atoms with van der Waals surface area (Å²) in [6, 6.07) is 22.2. The Morgan fingerprint density at radius 3 is 2.51 bits per heavy atom. The normalized spacial score (nSPS) is 15.5. The highest BCUT2D eigenvalue weighted by Gasteiger charge is 2.23. The van der Waals surface area contributed by atoms with Crippen LogP contribution in [-0.4, -0.2) is 53.7 Å². The zero-order chi connectivity index (χ0) is 24.6. The molecule has 0 radical (unpaired) electrons. The summed E-state index contributed by atoms with van der Waals surface area (Å²) in [5.41, 5.74) is 8.52. The Bertz CT molecular complexity index is 1250. The van der Waals surface area contributed by atoms with Crippen LogP contribution < -0.4 is 11.1 Å². The molecule has 1 aliphatic heterocycles. The summed E-state index contributed by atoms with van der Waals surface area (Å²) in [5, 5.41) is 2.49. The number of pyridine rings is 1. The lowest BCUT2D eigenvalue weighted by atomic mass is 9.99. The van der Waals surface area contributed by atoms with Crippen LogP contribution in [0.25, 0.3) is 16.9 Å². The molecule has 7 nitrogen and oxygen atoms in total. The summed E-state index contributed by atoms with van der Waals surface area (Å²) in [6.45, 7) is 4.32. The number of primary amides is 1. The molecule has 1 unspecified atom stereocenters. The molecule has 3 heterocycles. The van der Waals surface area contributed by atoms with Crippen molar-refractivity contribution in [3.05, 3.63) is 90.4 Å². The van der Waals surface area contributed by atoms with Crippen molar-refractivity contribution in [2.24, 2.45) is 5.73 Å². The maximum absolute atomic E-state index is 13.4. The van der Waals surface area contributed by atoms with Gasteiger partial charge in [0.1, 0.15) is 23.0 Å². The zero-order valence-electron chi connectivity index (χ0n) is 19.7. The van der Waals surface area contributed by atoms with Gasteiger partial charge in [0.15, 0.2) is 0 Å². The van der Waals surface area contributed by atoms with Gasteiger partial charge < -0.3 is 15.4 Å². The van der Waals surface area contributed by atoms with E-state index in [0.717, 1.165) is 24.6 Å². The van der Waals surface area contributed by atoms with Crippen molar-refractivity contribution in [3.8, 4) is 11.3 Å². The van der Waals surface area contributed by atoms with Gasteiger partial charge >= 0.3 is 6.03 Å². The second-order valence-corrected chi connectivity index (χ2v) is 8.43. The lowest BCUT2D eigenvalue weighted by molar-refractivity contribution is 0.160. The molecule has 182 valence electrons. The standard InChI is InChI=1S/C14H11FN4O.C13H19NO/c15-10-6-7-11-17-12(9-4-2-1-3-5-9)13(18-14(16)20)19(11)8-10;1-15-10-9-14-8-7-13(11-14)12-5-3-2-4-6-12/h1-8H,(H3,16,18,20);2-6,13H,7-11H2,1H3. The molecular weight excluding hydrogens is 445 g/mol. The predicted molar refractivity (Wildman–Crippen MR) is 136 cm³/mol. The molecule has 0 saturated carbocycles. The molecule has 5 rings (SSSR count). The van der Waals surface area contributed by atoms with Gasteiger partial charge in [0, 0.05) is 32.0 Å². The van der Waals surface area contributed by atoms with Crippen molar-refractivity contribution in [1.82, 2.24) is 14.3 Å². The molecule has 1 atom stereocenters. The fourth-order valence-electron chi connectivity index (χ4n) is 4.31. The minimum atomic E-state index is -0.728. The highest BCUT2D eigenvalue weighted by Crippen LogP contribution is 2.29. The van der Waals surface area contributed by atoms with Crippen LogP contribution in [0, 0.1) is 5.82 Å². The molecule has 4 aromatic rings. The van der Waals surface area contributed by atoms with Crippen LogP contribution in [0.1, 0.15) is 17.9 Å². The number of ether oxygens (including phenoxy) is 1. The highest BCUT2D eigenvalue weighted by molar-refractivity contribution is 5.92. The summed E-state index contributed by atoms with van der Waals surface area (Å²) in [4.78, 5) is 18.0. The molecular formula is C27H30FN5O2. The number of likely N-dealkylation sites (tertiary alicyclic amines) is 1. The van der Waals surface area contributed by atoms with Gasteiger partial charge in [-0.2, -0.15) is 0 Å². The number of amides is 2. The molecule has 2 amide bonds. The Kier molecular flexibility index (Phi) is 8.07. The van der Waals surface area contributed by atoms with Crippen molar-refractivity contribution in [3.63, 3.8) is 0 Å². The van der Waals surface area contributed by atoms with E-state index in [1.165, 1.54) is 47.8 Å². The second-order valence-electron chi connectivity index (χ2n) is 8.43. The number of carbonyl (C=O) groups excluding carboxylic acids is 1. The topological polar surface area (TPSA) is 84.9 Å². The predicted octanol–water partition coefficient (Wildman–Crippen LogP) is 4.75. The first-order chi connectivity index (χ1) is 17.0. The smallest absolute Gasteiger partial charge is 0.317 e. The Labute approximate surface area is 204 Å². The Balaban J connectivity index is 0.000000172. The number of nitrogens with two attached hydrogens (primary N) is 1. The number of imidazole rings is 1. The van der Waals surface area contributed by atoms with Crippen LogP contribution in [0.15, 0.2) is 79.0 Å². The Morgan fingerprint density at radius 2 is 1.83 bits per heavy atom. The number of aromatic nitrogens is 2. The van der Waals surface area contributed by atoms with E-state index in [0.29, 0.717) is 17.2 Å². The molecule has 3 N–H and O–H groups in total. The first-order valence-electron chi connectivity index (χ1n) is 11.6. The lowest BCUT2D eigenvalue weighted by Gasteiger charge is -2.15. The van der Waals surface area contributed by atoms with Crippen molar-refractivity contribution in [2.45, 2.75) is 12.3 Å². The summed E-state index contributed by atoms with van der Waals surface area (Å²) in [6.07, 6.45) is 2.54. The monoisotopic (exact) mass is 475 g/mol. The number of hydrogen-bond donors (Lipinski definition) is 2. The molecule has 1 saturated heterocycles. The fourth-order valence-corrected chi connectivity index (χ4v) is 4.31. The minimum Gasteiger partial charge on any atom is -0.383 e. The average molecular weight is 476 g/mol. The van der Waals surface area contributed by atoms with Crippen LogP contribution in [0.5, 0.6) is 0 Å². The molecule has 2 aromatic heterocycles. The number of hydrogen-bond acceptors (Lipinski definition) is 4. The van der Waals surface area contributed by atoms with E-state index in [4.69, 9.17) is 10.5 Å². The molecule has 8 heteroatoms. The first kappa shape index (κ1) is 24.4. The Morgan fingerprint density at radius 1 is 1.11 bits per heavy atom. The van der Waals surface area contributed by atoms with E-state index in [2.05, 4.69) is 45.5 Å². The fraction of sp³-hybridized carbons (Fsp3) is 0.259.